The molecule has 2 N–H and O–H groups in total. The third-order valence-electron chi connectivity index (χ3n) is 2.62. The molecule has 0 spiro atoms. The summed E-state index contributed by atoms with van der Waals surface area (Å²) in [5.74, 6) is 1.13. The number of rotatable bonds is 3. The molecule has 0 fully saturated rings. The Morgan fingerprint density at radius 1 is 1.35 bits per heavy atom. The highest BCUT2D eigenvalue weighted by atomic mass is 16.5. The number of pyridine rings is 1. The normalized spacial score (nSPS) is 10.5. The Bertz CT molecular complexity index is 535. The van der Waals surface area contributed by atoms with Gasteiger partial charge in [0.15, 0.2) is 0 Å². The Balaban J connectivity index is 2.33. The van der Waals surface area contributed by atoms with Crippen LogP contribution in [0.25, 0.3) is 0 Å². The van der Waals surface area contributed by atoms with Gasteiger partial charge in [0.05, 0.1) is 19.3 Å². The van der Waals surface area contributed by atoms with E-state index in [2.05, 4.69) is 15.1 Å². The Hall–Kier alpha value is -2.11. The standard InChI is InChI=1S/C11H15N5O/c1-7-4-13-9(8(2)10(7)17-3)5-16-6-14-11(12)15-16/h4,6H,5H2,1-3H3,(H2,12,15). The van der Waals surface area contributed by atoms with Crippen molar-refractivity contribution in [2.45, 2.75) is 20.4 Å². The maximum absolute atomic E-state index is 5.46. The predicted octanol–water partition coefficient (Wildman–Crippen LogP) is 0.929. The number of ether oxygens (including phenoxy) is 1. The predicted molar refractivity (Wildman–Crippen MR) is 63.8 cm³/mol. The molecule has 0 bridgehead atoms. The summed E-state index contributed by atoms with van der Waals surface area (Å²) < 4.78 is 7.00. The number of hydrogen-bond acceptors (Lipinski definition) is 5. The monoisotopic (exact) mass is 233 g/mol. The van der Waals surface area contributed by atoms with Gasteiger partial charge in [-0.3, -0.25) is 4.98 Å². The molecule has 0 atom stereocenters. The average Bonchev–Trinajstić information content (AvgIpc) is 2.69. The van der Waals surface area contributed by atoms with Gasteiger partial charge in [-0.25, -0.2) is 9.67 Å². The van der Waals surface area contributed by atoms with Gasteiger partial charge in [-0.15, -0.1) is 5.10 Å². The van der Waals surface area contributed by atoms with Gasteiger partial charge in [0, 0.05) is 17.3 Å². The topological polar surface area (TPSA) is 78.8 Å². The van der Waals surface area contributed by atoms with E-state index in [0.717, 1.165) is 22.6 Å². The second-order valence-corrected chi connectivity index (χ2v) is 3.85. The van der Waals surface area contributed by atoms with Crippen LogP contribution in [0.15, 0.2) is 12.5 Å². The lowest BCUT2D eigenvalue weighted by molar-refractivity contribution is 0.406. The molecule has 6 nitrogen and oxygen atoms in total. The fourth-order valence-electron chi connectivity index (χ4n) is 1.77. The first-order valence-electron chi connectivity index (χ1n) is 5.25. The van der Waals surface area contributed by atoms with Gasteiger partial charge in [0.2, 0.25) is 5.95 Å². The summed E-state index contributed by atoms with van der Waals surface area (Å²) >= 11 is 0. The molecule has 0 aliphatic carbocycles. The summed E-state index contributed by atoms with van der Waals surface area (Å²) in [4.78, 5) is 8.25. The molecule has 0 amide bonds. The van der Waals surface area contributed by atoms with E-state index in [-0.39, 0.29) is 5.95 Å². The van der Waals surface area contributed by atoms with Gasteiger partial charge in [-0.05, 0) is 13.8 Å². The molecule has 17 heavy (non-hydrogen) atoms. The lowest BCUT2D eigenvalue weighted by Crippen LogP contribution is -2.07. The fraction of sp³-hybridized carbons (Fsp3) is 0.364. The van der Waals surface area contributed by atoms with Crippen molar-refractivity contribution in [2.24, 2.45) is 0 Å². The maximum atomic E-state index is 5.46. The van der Waals surface area contributed by atoms with Crippen LogP contribution < -0.4 is 10.5 Å². The van der Waals surface area contributed by atoms with Crippen LogP contribution in [0, 0.1) is 13.8 Å². The molecule has 2 aromatic heterocycles. The first kappa shape index (κ1) is 11.4. The Labute approximate surface area is 99.4 Å². The van der Waals surface area contributed by atoms with E-state index >= 15 is 0 Å². The Morgan fingerprint density at radius 2 is 2.12 bits per heavy atom. The number of anilines is 1. The molecule has 0 saturated carbocycles. The highest BCUT2D eigenvalue weighted by Gasteiger charge is 2.10. The van der Waals surface area contributed by atoms with E-state index in [1.165, 1.54) is 0 Å². The van der Waals surface area contributed by atoms with Crippen molar-refractivity contribution < 1.29 is 4.74 Å². The van der Waals surface area contributed by atoms with Crippen molar-refractivity contribution in [3.05, 3.63) is 29.3 Å². The first-order valence-corrected chi connectivity index (χ1v) is 5.25. The Morgan fingerprint density at radius 3 is 2.71 bits per heavy atom. The van der Waals surface area contributed by atoms with Crippen LogP contribution in [0.1, 0.15) is 16.8 Å². The molecule has 90 valence electrons. The van der Waals surface area contributed by atoms with Crippen molar-refractivity contribution in [1.29, 1.82) is 0 Å². The zero-order valence-electron chi connectivity index (χ0n) is 10.1. The van der Waals surface area contributed by atoms with E-state index in [0.29, 0.717) is 6.54 Å². The van der Waals surface area contributed by atoms with Crippen molar-refractivity contribution in [3.63, 3.8) is 0 Å². The molecule has 0 aliphatic heterocycles. The number of aryl methyl sites for hydroxylation is 1. The van der Waals surface area contributed by atoms with Crippen molar-refractivity contribution >= 4 is 5.95 Å². The molecular formula is C11H15N5O. The quantitative estimate of drug-likeness (QED) is 0.853. The number of aromatic nitrogens is 4. The van der Waals surface area contributed by atoms with Gasteiger partial charge in [0.25, 0.3) is 0 Å². The van der Waals surface area contributed by atoms with Crippen LogP contribution in [0.5, 0.6) is 5.75 Å². The van der Waals surface area contributed by atoms with E-state index in [1.54, 1.807) is 24.3 Å². The van der Waals surface area contributed by atoms with E-state index in [4.69, 9.17) is 10.5 Å². The minimum Gasteiger partial charge on any atom is -0.496 e. The molecule has 0 radical (unpaired) electrons. The van der Waals surface area contributed by atoms with Crippen molar-refractivity contribution in [3.8, 4) is 5.75 Å². The van der Waals surface area contributed by atoms with Gasteiger partial charge in [0.1, 0.15) is 12.1 Å². The number of hydrogen-bond donors (Lipinski definition) is 1. The third kappa shape index (κ3) is 2.20. The summed E-state index contributed by atoms with van der Waals surface area (Å²) in [7, 11) is 1.66. The highest BCUT2D eigenvalue weighted by Crippen LogP contribution is 2.24. The minimum absolute atomic E-state index is 0.265. The van der Waals surface area contributed by atoms with Gasteiger partial charge < -0.3 is 10.5 Å². The molecule has 0 aromatic carbocycles. The lowest BCUT2D eigenvalue weighted by Gasteiger charge is -2.11. The van der Waals surface area contributed by atoms with Crippen LogP contribution in [0.2, 0.25) is 0 Å². The number of nitrogens with zero attached hydrogens (tertiary/aromatic N) is 4. The van der Waals surface area contributed by atoms with Gasteiger partial charge >= 0.3 is 0 Å². The SMILES string of the molecule is COc1c(C)cnc(Cn2cnc(N)n2)c1C. The summed E-state index contributed by atoms with van der Waals surface area (Å²) in [5, 5.41) is 4.03. The zero-order valence-corrected chi connectivity index (χ0v) is 10.1. The lowest BCUT2D eigenvalue weighted by atomic mass is 10.1. The summed E-state index contributed by atoms with van der Waals surface area (Å²) in [6.45, 7) is 4.48. The number of nitrogens with two attached hydrogens (primary N) is 1. The summed E-state index contributed by atoms with van der Waals surface area (Å²) in [6, 6.07) is 0. The smallest absolute Gasteiger partial charge is 0.239 e. The minimum atomic E-state index is 0.265. The first-order chi connectivity index (χ1) is 8.11. The molecule has 2 heterocycles. The number of methoxy groups -OCH3 is 1. The van der Waals surface area contributed by atoms with Crippen LogP contribution >= 0.6 is 0 Å². The van der Waals surface area contributed by atoms with Crippen LogP contribution in [-0.4, -0.2) is 26.9 Å². The zero-order chi connectivity index (χ0) is 12.4. The summed E-state index contributed by atoms with van der Waals surface area (Å²) in [6.07, 6.45) is 3.38. The molecule has 6 heteroatoms. The highest BCUT2D eigenvalue weighted by molar-refractivity contribution is 5.41. The van der Waals surface area contributed by atoms with E-state index in [9.17, 15) is 0 Å². The molecule has 0 saturated heterocycles. The maximum Gasteiger partial charge on any atom is 0.239 e. The van der Waals surface area contributed by atoms with Gasteiger partial charge in [-0.2, -0.15) is 0 Å². The second-order valence-electron chi connectivity index (χ2n) is 3.85. The summed E-state index contributed by atoms with van der Waals surface area (Å²) in [5.41, 5.74) is 8.40. The van der Waals surface area contributed by atoms with Crippen LogP contribution in [-0.2, 0) is 6.54 Å². The molecule has 2 aromatic rings. The molecular weight excluding hydrogens is 218 g/mol. The average molecular weight is 233 g/mol. The Kier molecular flexibility index (Phi) is 2.95. The van der Waals surface area contributed by atoms with Gasteiger partial charge in [-0.1, -0.05) is 0 Å². The van der Waals surface area contributed by atoms with E-state index in [1.807, 2.05) is 13.8 Å². The number of nitrogen functional groups attached to an aromatic ring is 1. The molecule has 2 rings (SSSR count). The van der Waals surface area contributed by atoms with Crippen LogP contribution in [0.3, 0.4) is 0 Å². The van der Waals surface area contributed by atoms with Crippen LogP contribution in [0.4, 0.5) is 5.95 Å². The molecule has 0 aliphatic rings. The van der Waals surface area contributed by atoms with Crippen molar-refractivity contribution in [1.82, 2.24) is 19.7 Å². The third-order valence-corrected chi connectivity index (χ3v) is 2.62. The van der Waals surface area contributed by atoms with Crippen molar-refractivity contribution in [2.75, 3.05) is 12.8 Å². The van der Waals surface area contributed by atoms with E-state index < -0.39 is 0 Å². The second kappa shape index (κ2) is 4.40. The largest absolute Gasteiger partial charge is 0.496 e. The molecule has 0 unspecified atom stereocenters. The fourth-order valence-corrected chi connectivity index (χ4v) is 1.77.